The topological polar surface area (TPSA) is 41.5 Å². The van der Waals surface area contributed by atoms with Gasteiger partial charge in [-0.1, -0.05) is 68.8 Å². The third-order valence-corrected chi connectivity index (χ3v) is 4.46. The Bertz CT molecular complexity index is 643. The van der Waals surface area contributed by atoms with E-state index in [1.807, 2.05) is 18.2 Å². The van der Waals surface area contributed by atoms with Gasteiger partial charge in [0.05, 0.1) is 0 Å². The number of para-hydroxylation sites is 1. The fraction of sp³-hybridized carbons (Fsp3) is 0.455. The Morgan fingerprint density at radius 1 is 1.04 bits per heavy atom. The number of nitrogens with one attached hydrogen (secondary N) is 1. The maximum atomic E-state index is 10.3. The van der Waals surface area contributed by atoms with E-state index in [0.717, 1.165) is 12.2 Å². The molecule has 0 bridgehead atoms. The average molecular weight is 378 g/mol. The van der Waals surface area contributed by atoms with Crippen molar-refractivity contribution in [3.05, 3.63) is 65.2 Å². The lowest BCUT2D eigenvalue weighted by molar-refractivity contribution is 0.103. The second-order valence-corrected chi connectivity index (χ2v) is 6.94. The summed E-state index contributed by atoms with van der Waals surface area (Å²) in [6.45, 7) is 9.34. The summed E-state index contributed by atoms with van der Waals surface area (Å²) in [5.74, 6) is 1.26. The van der Waals surface area contributed by atoms with Crippen molar-refractivity contribution in [2.24, 2.45) is 0 Å². The molecule has 0 aliphatic heterocycles. The summed E-state index contributed by atoms with van der Waals surface area (Å²) in [4.78, 5) is 0. The minimum atomic E-state index is -0.542. The van der Waals surface area contributed by atoms with Gasteiger partial charge in [0.2, 0.25) is 0 Å². The lowest BCUT2D eigenvalue weighted by atomic mass is 10.0. The molecule has 2 rings (SSSR count). The first-order valence-electron chi connectivity index (χ1n) is 9.21. The summed E-state index contributed by atoms with van der Waals surface area (Å²) < 4.78 is 5.86. The SMILES string of the molecule is CCC(NCC(O)COc1ccccc1C(C)C)c1ccc(C)cc1.Cl. The zero-order valence-electron chi connectivity index (χ0n) is 16.2. The third kappa shape index (κ3) is 6.64. The van der Waals surface area contributed by atoms with Crippen LogP contribution in [0.3, 0.4) is 0 Å². The molecule has 2 aromatic carbocycles. The van der Waals surface area contributed by atoms with Crippen LogP contribution in [0.5, 0.6) is 5.75 Å². The Morgan fingerprint density at radius 2 is 1.69 bits per heavy atom. The molecule has 2 N–H and O–H groups in total. The first-order valence-corrected chi connectivity index (χ1v) is 9.21. The van der Waals surface area contributed by atoms with Gasteiger partial charge in [0, 0.05) is 12.6 Å². The molecular weight excluding hydrogens is 346 g/mol. The number of aryl methyl sites for hydroxylation is 1. The number of hydrogen-bond acceptors (Lipinski definition) is 3. The number of rotatable bonds is 9. The number of halogens is 1. The second kappa shape index (κ2) is 11.2. The van der Waals surface area contributed by atoms with Crippen molar-refractivity contribution in [2.75, 3.05) is 13.2 Å². The Morgan fingerprint density at radius 3 is 2.31 bits per heavy atom. The Labute approximate surface area is 164 Å². The molecule has 0 spiro atoms. The van der Waals surface area contributed by atoms with E-state index in [-0.39, 0.29) is 18.4 Å². The van der Waals surface area contributed by atoms with Crippen LogP contribution in [0.15, 0.2) is 48.5 Å². The van der Waals surface area contributed by atoms with Crippen LogP contribution in [0.25, 0.3) is 0 Å². The highest BCUT2D eigenvalue weighted by Crippen LogP contribution is 2.26. The molecule has 2 unspecified atom stereocenters. The average Bonchev–Trinajstić information content (AvgIpc) is 2.62. The quantitative estimate of drug-likeness (QED) is 0.644. The summed E-state index contributed by atoms with van der Waals surface area (Å²) in [5, 5.41) is 13.7. The monoisotopic (exact) mass is 377 g/mol. The van der Waals surface area contributed by atoms with Crippen molar-refractivity contribution in [3.8, 4) is 5.75 Å². The van der Waals surface area contributed by atoms with E-state index in [4.69, 9.17) is 4.74 Å². The lowest BCUT2D eigenvalue weighted by Crippen LogP contribution is -2.33. The standard InChI is InChI=1S/C22H31NO2.ClH/c1-5-21(18-12-10-17(4)11-13-18)23-14-19(24)15-25-22-9-7-6-8-20(22)16(2)3;/h6-13,16,19,21,23-24H,5,14-15H2,1-4H3;1H. The van der Waals surface area contributed by atoms with Gasteiger partial charge in [0.15, 0.2) is 0 Å². The van der Waals surface area contributed by atoms with Crippen LogP contribution in [0.4, 0.5) is 0 Å². The number of ether oxygens (including phenoxy) is 1. The van der Waals surface area contributed by atoms with Crippen LogP contribution in [-0.4, -0.2) is 24.4 Å². The zero-order valence-corrected chi connectivity index (χ0v) is 17.1. The fourth-order valence-corrected chi connectivity index (χ4v) is 2.91. The van der Waals surface area contributed by atoms with E-state index < -0.39 is 6.10 Å². The smallest absolute Gasteiger partial charge is 0.122 e. The Kier molecular flexibility index (Phi) is 9.71. The molecule has 0 fully saturated rings. The molecule has 0 saturated carbocycles. The molecule has 4 heteroatoms. The van der Waals surface area contributed by atoms with Crippen LogP contribution < -0.4 is 10.1 Å². The van der Waals surface area contributed by atoms with Crippen LogP contribution in [0.1, 0.15) is 55.8 Å². The fourth-order valence-electron chi connectivity index (χ4n) is 2.91. The minimum absolute atomic E-state index is 0. The first kappa shape index (κ1) is 22.5. The number of hydrogen-bond donors (Lipinski definition) is 2. The minimum Gasteiger partial charge on any atom is -0.491 e. The normalized spacial score (nSPS) is 13.2. The van der Waals surface area contributed by atoms with Crippen molar-refractivity contribution < 1.29 is 9.84 Å². The molecule has 0 amide bonds. The lowest BCUT2D eigenvalue weighted by Gasteiger charge is -2.21. The summed E-state index contributed by atoms with van der Waals surface area (Å²) in [6, 6.07) is 16.8. The zero-order chi connectivity index (χ0) is 18.2. The number of aliphatic hydroxyl groups is 1. The number of aliphatic hydroxyl groups excluding tert-OH is 1. The maximum Gasteiger partial charge on any atom is 0.122 e. The van der Waals surface area contributed by atoms with Gasteiger partial charge in [0.25, 0.3) is 0 Å². The van der Waals surface area contributed by atoms with E-state index in [0.29, 0.717) is 19.1 Å². The molecule has 2 aromatic rings. The van der Waals surface area contributed by atoms with Crippen molar-refractivity contribution in [2.45, 2.75) is 52.2 Å². The predicted molar refractivity (Wildman–Crippen MR) is 111 cm³/mol. The van der Waals surface area contributed by atoms with Gasteiger partial charge in [-0.05, 0) is 36.5 Å². The van der Waals surface area contributed by atoms with Gasteiger partial charge in [-0.25, -0.2) is 0 Å². The summed E-state index contributed by atoms with van der Waals surface area (Å²) in [7, 11) is 0. The summed E-state index contributed by atoms with van der Waals surface area (Å²) in [5.41, 5.74) is 3.69. The highest BCUT2D eigenvalue weighted by atomic mass is 35.5. The van der Waals surface area contributed by atoms with E-state index in [2.05, 4.69) is 63.3 Å². The van der Waals surface area contributed by atoms with Gasteiger partial charge in [0.1, 0.15) is 18.5 Å². The second-order valence-electron chi connectivity index (χ2n) is 6.94. The molecule has 144 valence electrons. The van der Waals surface area contributed by atoms with Crippen molar-refractivity contribution in [1.29, 1.82) is 0 Å². The maximum absolute atomic E-state index is 10.3. The highest BCUT2D eigenvalue weighted by molar-refractivity contribution is 5.85. The predicted octanol–water partition coefficient (Wildman–Crippen LogP) is 5.02. The Balaban J connectivity index is 0.00000338. The molecular formula is C22H32ClNO2. The van der Waals surface area contributed by atoms with E-state index in [9.17, 15) is 5.11 Å². The number of benzene rings is 2. The van der Waals surface area contributed by atoms with Gasteiger partial charge in [-0.2, -0.15) is 0 Å². The van der Waals surface area contributed by atoms with Gasteiger partial charge >= 0.3 is 0 Å². The molecule has 0 aliphatic rings. The molecule has 0 heterocycles. The highest BCUT2D eigenvalue weighted by Gasteiger charge is 2.13. The molecule has 3 nitrogen and oxygen atoms in total. The van der Waals surface area contributed by atoms with Crippen LogP contribution in [0, 0.1) is 6.92 Å². The summed E-state index contributed by atoms with van der Waals surface area (Å²) in [6.07, 6.45) is 0.437. The van der Waals surface area contributed by atoms with E-state index >= 15 is 0 Å². The first-order chi connectivity index (χ1) is 12.0. The van der Waals surface area contributed by atoms with Gasteiger partial charge in [-0.15, -0.1) is 12.4 Å². The molecule has 0 radical (unpaired) electrons. The van der Waals surface area contributed by atoms with Crippen molar-refractivity contribution >= 4 is 12.4 Å². The van der Waals surface area contributed by atoms with E-state index in [1.165, 1.54) is 16.7 Å². The molecule has 0 saturated heterocycles. The van der Waals surface area contributed by atoms with Crippen LogP contribution in [-0.2, 0) is 0 Å². The molecule has 2 atom stereocenters. The van der Waals surface area contributed by atoms with Gasteiger partial charge in [-0.3, -0.25) is 0 Å². The molecule has 0 aliphatic carbocycles. The van der Waals surface area contributed by atoms with Crippen LogP contribution in [0.2, 0.25) is 0 Å². The summed E-state index contributed by atoms with van der Waals surface area (Å²) >= 11 is 0. The molecule has 0 aromatic heterocycles. The van der Waals surface area contributed by atoms with Crippen molar-refractivity contribution in [3.63, 3.8) is 0 Å². The largest absolute Gasteiger partial charge is 0.491 e. The van der Waals surface area contributed by atoms with Crippen LogP contribution >= 0.6 is 12.4 Å². The Hall–Kier alpha value is -1.55. The van der Waals surface area contributed by atoms with Crippen molar-refractivity contribution in [1.82, 2.24) is 5.32 Å². The van der Waals surface area contributed by atoms with E-state index in [1.54, 1.807) is 0 Å². The third-order valence-electron chi connectivity index (χ3n) is 4.46. The van der Waals surface area contributed by atoms with Gasteiger partial charge < -0.3 is 15.2 Å². The molecule has 26 heavy (non-hydrogen) atoms.